The molecule has 102 valence electrons. The van der Waals surface area contributed by atoms with E-state index in [4.69, 9.17) is 0 Å². The molecule has 0 bridgehead atoms. The van der Waals surface area contributed by atoms with E-state index in [0.29, 0.717) is 12.5 Å². The Kier molecular flexibility index (Phi) is 3.82. The van der Waals surface area contributed by atoms with Gasteiger partial charge in [0.1, 0.15) is 6.04 Å². The summed E-state index contributed by atoms with van der Waals surface area (Å²) in [5, 5.41) is 3.00. The smallest absolute Gasteiger partial charge is 0.170 e. The summed E-state index contributed by atoms with van der Waals surface area (Å²) in [5.74, 6) is -0.558. The van der Waals surface area contributed by atoms with E-state index in [0.717, 1.165) is 0 Å². The molecule has 0 atom stereocenters. The molecule has 1 N–H and O–H groups in total. The van der Waals surface area contributed by atoms with Gasteiger partial charge in [-0.25, -0.2) is 0 Å². The van der Waals surface area contributed by atoms with Crippen molar-refractivity contribution in [3.8, 4) is 0 Å². The third-order valence-corrected chi connectivity index (χ3v) is 3.62. The van der Waals surface area contributed by atoms with Gasteiger partial charge in [-0.3, -0.25) is 14.4 Å². The van der Waals surface area contributed by atoms with Gasteiger partial charge in [-0.1, -0.05) is 13.8 Å². The third kappa shape index (κ3) is 2.26. The standard InChI is InChI=1S/C14H23NO3/c1-8(2)7-15-9-10(16)13(3,4)12(18)14(5,6)11(9)17/h8-9,15H,7H2,1-6H3. The zero-order valence-electron chi connectivity index (χ0n) is 12.1. The zero-order valence-corrected chi connectivity index (χ0v) is 12.1. The quantitative estimate of drug-likeness (QED) is 0.772. The van der Waals surface area contributed by atoms with Crippen LogP contribution in [-0.2, 0) is 14.4 Å². The summed E-state index contributed by atoms with van der Waals surface area (Å²) < 4.78 is 0. The van der Waals surface area contributed by atoms with E-state index in [1.165, 1.54) is 0 Å². The molecule has 4 heteroatoms. The highest BCUT2D eigenvalue weighted by atomic mass is 16.2. The second-order valence-electron chi connectivity index (χ2n) is 6.54. The molecule has 0 heterocycles. The van der Waals surface area contributed by atoms with Crippen molar-refractivity contribution in [2.24, 2.45) is 16.7 Å². The average molecular weight is 253 g/mol. The highest BCUT2D eigenvalue weighted by Gasteiger charge is 2.57. The SMILES string of the molecule is CC(C)CNC1C(=O)C(C)(C)C(=O)C(C)(C)C1=O. The van der Waals surface area contributed by atoms with Crippen LogP contribution < -0.4 is 5.32 Å². The molecule has 0 aromatic carbocycles. The Hall–Kier alpha value is -1.03. The van der Waals surface area contributed by atoms with Gasteiger partial charge in [0, 0.05) is 0 Å². The Labute approximate surface area is 109 Å². The van der Waals surface area contributed by atoms with Gasteiger partial charge >= 0.3 is 0 Å². The van der Waals surface area contributed by atoms with Crippen molar-refractivity contribution in [2.75, 3.05) is 6.54 Å². The van der Waals surface area contributed by atoms with Crippen molar-refractivity contribution >= 4 is 17.3 Å². The lowest BCUT2D eigenvalue weighted by Gasteiger charge is -2.40. The molecule has 1 fully saturated rings. The number of carbonyl (C=O) groups excluding carboxylic acids is 3. The number of ketones is 3. The molecule has 0 unspecified atom stereocenters. The first kappa shape index (κ1) is 15.0. The minimum atomic E-state index is -1.09. The van der Waals surface area contributed by atoms with Gasteiger partial charge < -0.3 is 5.32 Å². The second kappa shape index (κ2) is 4.57. The largest absolute Gasteiger partial charge is 0.301 e. The molecule has 1 saturated carbocycles. The summed E-state index contributed by atoms with van der Waals surface area (Å²) in [6.07, 6.45) is 0. The van der Waals surface area contributed by atoms with Crippen LogP contribution in [0.4, 0.5) is 0 Å². The van der Waals surface area contributed by atoms with Crippen molar-refractivity contribution in [1.29, 1.82) is 0 Å². The molecule has 1 aliphatic rings. The molecule has 4 nitrogen and oxygen atoms in total. The second-order valence-corrected chi connectivity index (χ2v) is 6.54. The summed E-state index contributed by atoms with van der Waals surface area (Å²) in [6, 6.07) is -0.852. The van der Waals surface area contributed by atoms with Crippen molar-refractivity contribution in [3.05, 3.63) is 0 Å². The van der Waals surface area contributed by atoms with Crippen LogP contribution in [-0.4, -0.2) is 29.9 Å². The zero-order chi connectivity index (χ0) is 14.3. The Balaban J connectivity index is 3.08. The van der Waals surface area contributed by atoms with E-state index >= 15 is 0 Å². The van der Waals surface area contributed by atoms with Crippen molar-refractivity contribution in [3.63, 3.8) is 0 Å². The first-order valence-electron chi connectivity index (χ1n) is 6.39. The normalized spacial score (nSPS) is 23.8. The first-order valence-corrected chi connectivity index (χ1v) is 6.39. The van der Waals surface area contributed by atoms with Gasteiger partial charge in [0.25, 0.3) is 0 Å². The number of hydrogen-bond acceptors (Lipinski definition) is 4. The summed E-state index contributed by atoms with van der Waals surface area (Å²) >= 11 is 0. The minimum absolute atomic E-state index is 0.285. The number of Topliss-reactive ketones (excluding diaryl/α,β-unsaturated/α-hetero) is 3. The van der Waals surface area contributed by atoms with Crippen molar-refractivity contribution in [2.45, 2.75) is 47.6 Å². The van der Waals surface area contributed by atoms with Crippen LogP contribution in [0.3, 0.4) is 0 Å². The molecule has 1 aliphatic carbocycles. The van der Waals surface area contributed by atoms with Crippen molar-refractivity contribution in [1.82, 2.24) is 5.32 Å². The van der Waals surface area contributed by atoms with Gasteiger partial charge in [0.05, 0.1) is 10.8 Å². The van der Waals surface area contributed by atoms with Gasteiger partial charge in [0.2, 0.25) is 0 Å². The van der Waals surface area contributed by atoms with Crippen LogP contribution in [0.5, 0.6) is 0 Å². The molecule has 1 rings (SSSR count). The van der Waals surface area contributed by atoms with Crippen LogP contribution in [0, 0.1) is 16.7 Å². The molecule has 0 amide bonds. The Morgan fingerprint density at radius 1 is 1.00 bits per heavy atom. The molecule has 0 aromatic rings. The Bertz CT molecular complexity index is 364. The lowest BCUT2D eigenvalue weighted by atomic mass is 9.61. The molecular formula is C14H23NO3. The molecule has 18 heavy (non-hydrogen) atoms. The van der Waals surface area contributed by atoms with E-state index in [9.17, 15) is 14.4 Å². The highest BCUT2D eigenvalue weighted by Crippen LogP contribution is 2.38. The molecule has 0 saturated heterocycles. The highest BCUT2D eigenvalue weighted by molar-refractivity contribution is 6.30. The average Bonchev–Trinajstić information content (AvgIpc) is 2.25. The first-order chi connectivity index (χ1) is 8.02. The van der Waals surface area contributed by atoms with Crippen LogP contribution in [0.25, 0.3) is 0 Å². The van der Waals surface area contributed by atoms with Gasteiger partial charge in [-0.15, -0.1) is 0 Å². The lowest BCUT2D eigenvalue weighted by molar-refractivity contribution is -0.157. The third-order valence-electron chi connectivity index (χ3n) is 3.62. The topological polar surface area (TPSA) is 63.2 Å². The summed E-state index contributed by atoms with van der Waals surface area (Å²) in [4.78, 5) is 36.7. The monoisotopic (exact) mass is 253 g/mol. The van der Waals surface area contributed by atoms with E-state index < -0.39 is 16.9 Å². The van der Waals surface area contributed by atoms with Gasteiger partial charge in [0.15, 0.2) is 17.3 Å². The van der Waals surface area contributed by atoms with Gasteiger partial charge in [-0.2, -0.15) is 0 Å². The minimum Gasteiger partial charge on any atom is -0.301 e. The van der Waals surface area contributed by atoms with Crippen LogP contribution >= 0.6 is 0 Å². The molecule has 0 spiro atoms. The number of hydrogen-bond donors (Lipinski definition) is 1. The molecular weight excluding hydrogens is 230 g/mol. The summed E-state index contributed by atoms with van der Waals surface area (Å²) in [6.45, 7) is 11.0. The van der Waals surface area contributed by atoms with Crippen molar-refractivity contribution < 1.29 is 14.4 Å². The van der Waals surface area contributed by atoms with E-state index in [1.54, 1.807) is 27.7 Å². The molecule has 0 aliphatic heterocycles. The fourth-order valence-electron chi connectivity index (χ4n) is 2.38. The van der Waals surface area contributed by atoms with Crippen LogP contribution in [0.2, 0.25) is 0 Å². The van der Waals surface area contributed by atoms with Gasteiger partial charge in [-0.05, 0) is 40.2 Å². The summed E-state index contributed by atoms with van der Waals surface area (Å²) in [5.41, 5.74) is -2.18. The van der Waals surface area contributed by atoms with E-state index in [1.807, 2.05) is 13.8 Å². The predicted octanol–water partition coefficient (Wildman–Crippen LogP) is 1.37. The number of rotatable bonds is 3. The maximum atomic E-state index is 12.3. The van der Waals surface area contributed by atoms with E-state index in [2.05, 4.69) is 5.32 Å². The van der Waals surface area contributed by atoms with Crippen LogP contribution in [0.1, 0.15) is 41.5 Å². The number of carbonyl (C=O) groups is 3. The Morgan fingerprint density at radius 2 is 1.39 bits per heavy atom. The Morgan fingerprint density at radius 3 is 1.72 bits per heavy atom. The lowest BCUT2D eigenvalue weighted by Crippen LogP contribution is -2.64. The molecule has 0 aromatic heterocycles. The number of nitrogens with one attached hydrogen (secondary N) is 1. The fourth-order valence-corrected chi connectivity index (χ4v) is 2.38. The van der Waals surface area contributed by atoms with E-state index in [-0.39, 0.29) is 17.3 Å². The fraction of sp³-hybridized carbons (Fsp3) is 0.786. The maximum absolute atomic E-state index is 12.3. The summed E-state index contributed by atoms with van der Waals surface area (Å²) in [7, 11) is 0. The molecule has 0 radical (unpaired) electrons. The predicted molar refractivity (Wildman–Crippen MR) is 69.2 cm³/mol. The van der Waals surface area contributed by atoms with Crippen LogP contribution in [0.15, 0.2) is 0 Å². The maximum Gasteiger partial charge on any atom is 0.170 e.